The van der Waals surface area contributed by atoms with Gasteiger partial charge in [0.1, 0.15) is 5.54 Å². The summed E-state index contributed by atoms with van der Waals surface area (Å²) in [4.78, 5) is 24.3. The molecule has 0 unspecified atom stereocenters. The third-order valence-corrected chi connectivity index (χ3v) is 4.37. The van der Waals surface area contributed by atoms with Crippen LogP contribution in [-0.2, 0) is 4.79 Å². The first-order valence-electron chi connectivity index (χ1n) is 7.84. The molecule has 1 aliphatic rings. The summed E-state index contributed by atoms with van der Waals surface area (Å²) in [5.41, 5.74) is 5.75. The number of benzene rings is 1. The highest BCUT2D eigenvalue weighted by molar-refractivity contribution is 5.97. The summed E-state index contributed by atoms with van der Waals surface area (Å²) >= 11 is 0. The van der Waals surface area contributed by atoms with Gasteiger partial charge in [-0.2, -0.15) is 5.10 Å². The summed E-state index contributed by atoms with van der Waals surface area (Å²) < 4.78 is 1.63. The predicted octanol–water partition coefficient (Wildman–Crippen LogP) is 1.79. The van der Waals surface area contributed by atoms with E-state index in [9.17, 15) is 9.59 Å². The molecule has 3 N–H and O–H groups in total. The van der Waals surface area contributed by atoms with Crippen molar-refractivity contribution in [1.29, 1.82) is 0 Å². The van der Waals surface area contributed by atoms with E-state index in [0.717, 1.165) is 24.9 Å². The zero-order valence-corrected chi connectivity index (χ0v) is 12.9. The minimum Gasteiger partial charge on any atom is -0.368 e. The molecular weight excluding hydrogens is 292 g/mol. The minimum atomic E-state index is -0.939. The molecule has 0 bridgehead atoms. The van der Waals surface area contributed by atoms with Crippen LogP contribution >= 0.6 is 0 Å². The summed E-state index contributed by atoms with van der Waals surface area (Å²) in [6.45, 7) is 0. The molecule has 6 nitrogen and oxygen atoms in total. The van der Waals surface area contributed by atoms with Gasteiger partial charge < -0.3 is 11.1 Å². The molecule has 1 saturated carbocycles. The average Bonchev–Trinajstić information content (AvgIpc) is 3.06. The number of rotatable bonds is 4. The van der Waals surface area contributed by atoms with Crippen LogP contribution in [0, 0.1) is 0 Å². The van der Waals surface area contributed by atoms with Crippen LogP contribution < -0.4 is 11.1 Å². The first-order valence-corrected chi connectivity index (χ1v) is 7.84. The van der Waals surface area contributed by atoms with E-state index in [1.165, 1.54) is 0 Å². The summed E-state index contributed by atoms with van der Waals surface area (Å²) in [7, 11) is 0. The highest BCUT2D eigenvalue weighted by Gasteiger charge is 2.39. The van der Waals surface area contributed by atoms with Gasteiger partial charge in [0.25, 0.3) is 5.91 Å². The minimum absolute atomic E-state index is 0.278. The fraction of sp³-hybridized carbons (Fsp3) is 0.353. The van der Waals surface area contributed by atoms with E-state index in [1.54, 1.807) is 16.9 Å². The van der Waals surface area contributed by atoms with Gasteiger partial charge in [-0.3, -0.25) is 9.59 Å². The molecule has 0 aliphatic heterocycles. The van der Waals surface area contributed by atoms with E-state index >= 15 is 0 Å². The number of para-hydroxylation sites is 1. The van der Waals surface area contributed by atoms with Gasteiger partial charge in [-0.1, -0.05) is 37.5 Å². The van der Waals surface area contributed by atoms with Gasteiger partial charge in [0.05, 0.1) is 5.69 Å². The molecule has 1 fully saturated rings. The fourth-order valence-corrected chi connectivity index (χ4v) is 3.04. The molecule has 3 rings (SSSR count). The summed E-state index contributed by atoms with van der Waals surface area (Å²) in [5, 5.41) is 7.11. The monoisotopic (exact) mass is 312 g/mol. The Bertz CT molecular complexity index is 702. The van der Waals surface area contributed by atoms with Gasteiger partial charge in [-0.25, -0.2) is 4.68 Å². The molecule has 0 atom stereocenters. The third-order valence-electron chi connectivity index (χ3n) is 4.37. The van der Waals surface area contributed by atoms with Crippen LogP contribution in [0.1, 0.15) is 42.6 Å². The summed E-state index contributed by atoms with van der Waals surface area (Å²) in [6, 6.07) is 11.2. The maximum atomic E-state index is 12.5. The van der Waals surface area contributed by atoms with Crippen LogP contribution in [-0.4, -0.2) is 27.1 Å². The molecule has 6 heteroatoms. The van der Waals surface area contributed by atoms with Crippen molar-refractivity contribution < 1.29 is 9.59 Å². The molecule has 120 valence electrons. The lowest BCUT2D eigenvalue weighted by Crippen LogP contribution is -2.58. The molecule has 1 aliphatic carbocycles. The maximum Gasteiger partial charge on any atom is 0.272 e. The largest absolute Gasteiger partial charge is 0.368 e. The Hall–Kier alpha value is -2.63. The van der Waals surface area contributed by atoms with E-state index in [-0.39, 0.29) is 11.6 Å². The van der Waals surface area contributed by atoms with Crippen molar-refractivity contribution in [3.8, 4) is 5.69 Å². The molecule has 1 aromatic heterocycles. The van der Waals surface area contributed by atoms with Crippen LogP contribution in [0.2, 0.25) is 0 Å². The Labute approximate surface area is 134 Å². The van der Waals surface area contributed by atoms with E-state index in [0.29, 0.717) is 12.8 Å². The van der Waals surface area contributed by atoms with Crippen molar-refractivity contribution in [3.63, 3.8) is 0 Å². The first-order chi connectivity index (χ1) is 11.1. The normalized spacial score (nSPS) is 16.7. The van der Waals surface area contributed by atoms with Crippen molar-refractivity contribution in [1.82, 2.24) is 15.1 Å². The van der Waals surface area contributed by atoms with Gasteiger partial charge in [0, 0.05) is 6.20 Å². The van der Waals surface area contributed by atoms with Crippen LogP contribution in [0.4, 0.5) is 0 Å². The molecule has 0 spiro atoms. The lowest BCUT2D eigenvalue weighted by atomic mass is 9.81. The molecule has 0 saturated heterocycles. The number of hydrogen-bond donors (Lipinski definition) is 2. The van der Waals surface area contributed by atoms with Gasteiger partial charge in [0.2, 0.25) is 5.91 Å². The maximum absolute atomic E-state index is 12.5. The molecule has 1 heterocycles. The zero-order valence-electron chi connectivity index (χ0n) is 12.9. The highest BCUT2D eigenvalue weighted by atomic mass is 16.2. The summed E-state index contributed by atoms with van der Waals surface area (Å²) in [5.74, 6) is -0.826. The number of amides is 2. The van der Waals surface area contributed by atoms with Crippen molar-refractivity contribution in [2.45, 2.75) is 37.6 Å². The number of carbonyl (C=O) groups excluding carboxylic acids is 2. The van der Waals surface area contributed by atoms with Crippen molar-refractivity contribution >= 4 is 11.8 Å². The number of nitrogens with one attached hydrogen (secondary N) is 1. The van der Waals surface area contributed by atoms with Crippen molar-refractivity contribution in [3.05, 3.63) is 48.3 Å². The smallest absolute Gasteiger partial charge is 0.272 e. The quantitative estimate of drug-likeness (QED) is 0.902. The second kappa shape index (κ2) is 6.24. The SMILES string of the molecule is NC(=O)C1(NC(=O)c2ccn(-c3ccccc3)n2)CCCCC1. The van der Waals surface area contributed by atoms with Crippen molar-refractivity contribution in [2.24, 2.45) is 5.73 Å². The average molecular weight is 312 g/mol. The van der Waals surface area contributed by atoms with E-state index < -0.39 is 11.4 Å². The number of carbonyl (C=O) groups is 2. The first kappa shape index (κ1) is 15.3. The van der Waals surface area contributed by atoms with Crippen LogP contribution in [0.3, 0.4) is 0 Å². The fourth-order valence-electron chi connectivity index (χ4n) is 3.04. The summed E-state index contributed by atoms with van der Waals surface area (Å²) in [6.07, 6.45) is 5.75. The van der Waals surface area contributed by atoms with Gasteiger partial charge >= 0.3 is 0 Å². The van der Waals surface area contributed by atoms with Crippen LogP contribution in [0.15, 0.2) is 42.6 Å². The molecule has 1 aromatic carbocycles. The zero-order chi connectivity index (χ0) is 16.3. The Morgan fingerprint density at radius 2 is 1.78 bits per heavy atom. The number of primary amides is 1. The Morgan fingerprint density at radius 3 is 2.43 bits per heavy atom. The lowest BCUT2D eigenvalue weighted by Gasteiger charge is -2.34. The van der Waals surface area contributed by atoms with Gasteiger partial charge in [0.15, 0.2) is 5.69 Å². The lowest BCUT2D eigenvalue weighted by molar-refractivity contribution is -0.125. The second-order valence-electron chi connectivity index (χ2n) is 5.94. The van der Waals surface area contributed by atoms with Crippen molar-refractivity contribution in [2.75, 3.05) is 0 Å². The predicted molar refractivity (Wildman–Crippen MR) is 86.0 cm³/mol. The topological polar surface area (TPSA) is 90.0 Å². The highest BCUT2D eigenvalue weighted by Crippen LogP contribution is 2.28. The number of nitrogens with two attached hydrogens (primary N) is 1. The molecule has 2 aromatic rings. The van der Waals surface area contributed by atoms with Gasteiger partial charge in [-0.05, 0) is 31.0 Å². The standard InChI is InChI=1S/C17H20N4O2/c18-16(23)17(10-5-2-6-11-17)19-15(22)14-9-12-21(20-14)13-7-3-1-4-8-13/h1,3-4,7-9,12H,2,5-6,10-11H2,(H2,18,23)(H,19,22). The number of aromatic nitrogens is 2. The van der Waals surface area contributed by atoms with E-state index in [4.69, 9.17) is 5.73 Å². The molecule has 23 heavy (non-hydrogen) atoms. The molecule has 2 amide bonds. The Kier molecular flexibility index (Phi) is 4.14. The Balaban J connectivity index is 1.78. The van der Waals surface area contributed by atoms with E-state index in [1.807, 2.05) is 30.3 Å². The third kappa shape index (κ3) is 3.11. The van der Waals surface area contributed by atoms with E-state index in [2.05, 4.69) is 10.4 Å². The molecule has 0 radical (unpaired) electrons. The number of hydrogen-bond acceptors (Lipinski definition) is 3. The number of nitrogens with zero attached hydrogens (tertiary/aromatic N) is 2. The van der Waals surface area contributed by atoms with Crippen LogP contribution in [0.5, 0.6) is 0 Å². The van der Waals surface area contributed by atoms with Crippen LogP contribution in [0.25, 0.3) is 5.69 Å². The van der Waals surface area contributed by atoms with Gasteiger partial charge in [-0.15, -0.1) is 0 Å². The second-order valence-corrected chi connectivity index (χ2v) is 5.94. The Morgan fingerprint density at radius 1 is 1.09 bits per heavy atom. The molecular formula is C17H20N4O2.